The molecule has 3 saturated heterocycles. The Bertz CT molecular complexity index is 1300. The number of hydrogen-bond acceptors (Lipinski definition) is 6. The first-order chi connectivity index (χ1) is 20.7. The van der Waals surface area contributed by atoms with Gasteiger partial charge in [-0.1, -0.05) is 0 Å². The van der Waals surface area contributed by atoms with Crippen LogP contribution in [0.4, 0.5) is 8.78 Å². The molecule has 1 unspecified atom stereocenters. The summed E-state index contributed by atoms with van der Waals surface area (Å²) >= 11 is 0. The molecule has 5 fully saturated rings. The summed E-state index contributed by atoms with van der Waals surface area (Å²) in [7, 11) is 0. The van der Waals surface area contributed by atoms with Crippen molar-refractivity contribution in [2.75, 3.05) is 26.2 Å². The molecule has 0 radical (unpaired) electrons. The summed E-state index contributed by atoms with van der Waals surface area (Å²) in [6, 6.07) is 3.33. The number of hydrogen-bond donors (Lipinski definition) is 1. The lowest BCUT2D eigenvalue weighted by Crippen LogP contribution is -2.66. The number of alkyl halides is 2. The lowest BCUT2D eigenvalue weighted by molar-refractivity contribution is -0.172. The average molecular weight is 599 g/mol. The highest BCUT2D eigenvalue weighted by atomic mass is 19.3. The number of benzene rings is 1. The normalized spacial score (nSPS) is 30.2. The van der Waals surface area contributed by atoms with E-state index in [-0.39, 0.29) is 43.5 Å². The minimum atomic E-state index is -2.86. The Morgan fingerprint density at radius 2 is 1.77 bits per heavy atom. The second kappa shape index (κ2) is 11.1. The molecule has 2 saturated carbocycles. The van der Waals surface area contributed by atoms with Gasteiger partial charge in [-0.2, -0.15) is 0 Å². The van der Waals surface area contributed by atoms with E-state index < -0.39 is 30.0 Å². The van der Waals surface area contributed by atoms with Gasteiger partial charge in [0.15, 0.2) is 0 Å². The van der Waals surface area contributed by atoms with Gasteiger partial charge >= 0.3 is 0 Å². The summed E-state index contributed by atoms with van der Waals surface area (Å²) in [6.45, 7) is 3.02. The highest BCUT2D eigenvalue weighted by Crippen LogP contribution is 2.44. The summed E-state index contributed by atoms with van der Waals surface area (Å²) < 4.78 is 37.1. The fourth-order valence-corrected chi connectivity index (χ4v) is 7.93. The van der Waals surface area contributed by atoms with Crippen molar-refractivity contribution in [3.63, 3.8) is 0 Å². The summed E-state index contributed by atoms with van der Waals surface area (Å²) in [5.41, 5.74) is 1.16. The third kappa shape index (κ3) is 5.65. The zero-order valence-corrected chi connectivity index (χ0v) is 24.4. The molecule has 4 aliphatic heterocycles. The topological polar surface area (TPSA) is 99.3 Å². The largest absolute Gasteiger partial charge is 0.489 e. The molecule has 11 heteroatoms. The number of amides is 4. The van der Waals surface area contributed by atoms with Crippen molar-refractivity contribution in [2.24, 2.45) is 17.8 Å². The van der Waals surface area contributed by atoms with Crippen molar-refractivity contribution in [1.82, 2.24) is 20.0 Å². The van der Waals surface area contributed by atoms with Gasteiger partial charge in [-0.3, -0.25) is 29.4 Å². The van der Waals surface area contributed by atoms with Crippen molar-refractivity contribution < 1.29 is 32.7 Å². The number of imide groups is 1. The number of carbonyl (C=O) groups is 4. The van der Waals surface area contributed by atoms with Crippen LogP contribution in [0.1, 0.15) is 80.1 Å². The van der Waals surface area contributed by atoms with Gasteiger partial charge in [-0.25, -0.2) is 8.78 Å². The van der Waals surface area contributed by atoms with Crippen LogP contribution in [0.15, 0.2) is 18.2 Å². The first-order valence-corrected chi connectivity index (χ1v) is 16.0. The Hall–Kier alpha value is -3.08. The van der Waals surface area contributed by atoms with Crippen LogP contribution < -0.4 is 10.1 Å². The lowest BCUT2D eigenvalue weighted by Gasteiger charge is -2.53. The lowest BCUT2D eigenvalue weighted by atomic mass is 9.76. The fraction of sp³-hybridized carbons (Fsp3) is 0.688. The third-order valence-electron chi connectivity index (χ3n) is 10.6. The zero-order chi connectivity index (χ0) is 29.9. The van der Waals surface area contributed by atoms with Gasteiger partial charge in [0.05, 0.1) is 0 Å². The second-order valence-corrected chi connectivity index (χ2v) is 13.6. The van der Waals surface area contributed by atoms with Gasteiger partial charge in [-0.05, 0) is 86.5 Å². The molecule has 1 N–H and O–H groups in total. The summed E-state index contributed by atoms with van der Waals surface area (Å²) in [6.07, 6.45) is 5.45. The van der Waals surface area contributed by atoms with E-state index in [0.717, 1.165) is 25.9 Å². The van der Waals surface area contributed by atoms with Gasteiger partial charge in [0.25, 0.3) is 11.8 Å². The SMILES string of the molecule is O=C1CCC(N2Cc3cc(O[C@@H]4CCCC(F)(F)[C@H]4N4CC(C5CCN(C(=O)CC6CC6)CC5)C4)ccc3C2=O)C(=O)N1. The number of nitrogens with zero attached hydrogens (tertiary/aromatic N) is 3. The van der Waals surface area contributed by atoms with Crippen molar-refractivity contribution in [2.45, 2.75) is 94.9 Å². The molecule has 4 amide bonds. The number of likely N-dealkylation sites (tertiary alicyclic amines) is 2. The molecule has 3 atom stereocenters. The van der Waals surface area contributed by atoms with E-state index in [0.29, 0.717) is 67.0 Å². The molecule has 0 bridgehead atoms. The molecule has 1 aromatic rings. The quantitative estimate of drug-likeness (QED) is 0.484. The summed E-state index contributed by atoms with van der Waals surface area (Å²) in [4.78, 5) is 54.8. The van der Waals surface area contributed by atoms with Crippen molar-refractivity contribution in [3.8, 4) is 5.75 Å². The molecular formula is C32H40F2N4O5. The van der Waals surface area contributed by atoms with Crippen LogP contribution >= 0.6 is 0 Å². The highest BCUT2D eigenvalue weighted by Gasteiger charge is 2.54. The Morgan fingerprint density at radius 3 is 2.49 bits per heavy atom. The van der Waals surface area contributed by atoms with Gasteiger partial charge in [-0.15, -0.1) is 0 Å². The van der Waals surface area contributed by atoms with Gasteiger partial charge < -0.3 is 14.5 Å². The number of fused-ring (bicyclic) bond motifs is 1. The zero-order valence-electron chi connectivity index (χ0n) is 24.4. The Labute approximate surface area is 250 Å². The van der Waals surface area contributed by atoms with Crippen LogP contribution in [0.5, 0.6) is 5.75 Å². The number of rotatable bonds is 7. The first-order valence-electron chi connectivity index (χ1n) is 16.0. The molecule has 2 aliphatic carbocycles. The van der Waals surface area contributed by atoms with Crippen LogP contribution in [-0.2, 0) is 20.9 Å². The summed E-state index contributed by atoms with van der Waals surface area (Å²) in [5, 5.41) is 2.30. The van der Waals surface area contributed by atoms with Gasteiger partial charge in [0, 0.05) is 57.5 Å². The minimum Gasteiger partial charge on any atom is -0.489 e. The van der Waals surface area contributed by atoms with Crippen molar-refractivity contribution in [3.05, 3.63) is 29.3 Å². The van der Waals surface area contributed by atoms with Crippen molar-refractivity contribution in [1.29, 1.82) is 0 Å². The molecule has 1 aromatic carbocycles. The number of nitrogens with one attached hydrogen (secondary N) is 1. The maximum Gasteiger partial charge on any atom is 0.266 e. The van der Waals surface area contributed by atoms with E-state index in [1.165, 1.54) is 17.7 Å². The first kappa shape index (κ1) is 28.7. The third-order valence-corrected chi connectivity index (χ3v) is 10.6. The van der Waals surface area contributed by atoms with Crippen molar-refractivity contribution >= 4 is 23.6 Å². The number of piperidine rings is 2. The van der Waals surface area contributed by atoms with E-state index in [1.807, 2.05) is 9.80 Å². The Morgan fingerprint density at radius 1 is 1.00 bits per heavy atom. The summed E-state index contributed by atoms with van der Waals surface area (Å²) in [5.74, 6) is -1.81. The maximum absolute atomic E-state index is 15.4. The molecule has 0 aromatic heterocycles. The van der Waals surface area contributed by atoms with E-state index in [9.17, 15) is 19.2 Å². The fourth-order valence-electron chi connectivity index (χ4n) is 7.93. The predicted octanol–water partition coefficient (Wildman–Crippen LogP) is 3.35. The van der Waals surface area contributed by atoms with Crippen LogP contribution in [0.3, 0.4) is 0 Å². The van der Waals surface area contributed by atoms with Crippen LogP contribution in [0.25, 0.3) is 0 Å². The predicted molar refractivity (Wildman–Crippen MR) is 151 cm³/mol. The smallest absolute Gasteiger partial charge is 0.266 e. The van der Waals surface area contributed by atoms with E-state index >= 15 is 8.78 Å². The second-order valence-electron chi connectivity index (χ2n) is 13.6. The van der Waals surface area contributed by atoms with Crippen LogP contribution in [-0.4, -0.2) is 88.6 Å². The highest BCUT2D eigenvalue weighted by molar-refractivity contribution is 6.05. The van der Waals surface area contributed by atoms with Crippen LogP contribution in [0, 0.1) is 17.8 Å². The molecule has 9 nitrogen and oxygen atoms in total. The average Bonchev–Trinajstić information content (AvgIpc) is 3.70. The Kier molecular flexibility index (Phi) is 7.42. The van der Waals surface area contributed by atoms with E-state index in [1.54, 1.807) is 18.2 Å². The van der Waals surface area contributed by atoms with E-state index in [4.69, 9.17) is 4.74 Å². The Balaban J connectivity index is 0.972. The molecule has 4 heterocycles. The number of carbonyl (C=O) groups excluding carboxylic acids is 4. The van der Waals surface area contributed by atoms with Gasteiger partial charge in [0.2, 0.25) is 17.7 Å². The van der Waals surface area contributed by atoms with E-state index in [2.05, 4.69) is 5.32 Å². The molecule has 6 aliphatic rings. The minimum absolute atomic E-state index is 0.153. The monoisotopic (exact) mass is 598 g/mol. The number of halogens is 2. The van der Waals surface area contributed by atoms with Crippen LogP contribution in [0.2, 0.25) is 0 Å². The molecule has 0 spiro atoms. The maximum atomic E-state index is 15.4. The standard InChI is InChI=1S/C32H40F2N4O5/c33-32(34)11-1-2-26(29(32)37-16-22(17-37)20-9-12-36(13-10-20)28(40)14-19-3-4-19)43-23-5-6-24-21(15-23)18-38(31(24)42)25-7-8-27(39)35-30(25)41/h5-6,15,19-20,22,25-26,29H,1-4,7-14,16-18H2,(H,35,39,41)/t25?,26-,29+/m1/s1. The molecular weight excluding hydrogens is 558 g/mol. The molecule has 7 rings (SSSR count). The van der Waals surface area contributed by atoms with Gasteiger partial charge in [0.1, 0.15) is 23.9 Å². The molecule has 232 valence electrons. The molecule has 43 heavy (non-hydrogen) atoms. The number of ether oxygens (including phenoxy) is 1.